The summed E-state index contributed by atoms with van der Waals surface area (Å²) in [4.78, 5) is 14.2. The van der Waals surface area contributed by atoms with Crippen molar-refractivity contribution in [1.29, 1.82) is 0 Å². The Balaban J connectivity index is 1.76. The molecule has 2 aliphatic rings. The molecule has 17 heavy (non-hydrogen) atoms. The number of nitrogens with one attached hydrogen (secondary N) is 1. The van der Waals surface area contributed by atoms with Crippen LogP contribution in [0.3, 0.4) is 0 Å². The van der Waals surface area contributed by atoms with Crippen molar-refractivity contribution in [2.45, 2.75) is 31.1 Å². The van der Waals surface area contributed by atoms with Crippen LogP contribution < -0.4 is 5.32 Å². The highest BCUT2D eigenvalue weighted by Gasteiger charge is 2.32. The summed E-state index contributed by atoms with van der Waals surface area (Å²) in [5.41, 5.74) is 0. The van der Waals surface area contributed by atoms with Gasteiger partial charge in [-0.1, -0.05) is 6.92 Å². The molecule has 98 valence electrons. The average Bonchev–Trinajstić information content (AvgIpc) is 2.70. The maximum Gasteiger partial charge on any atom is 0.239 e. The summed E-state index contributed by atoms with van der Waals surface area (Å²) in [5.74, 6) is 4.06. The molecule has 2 atom stereocenters. The minimum atomic E-state index is 0.0937. The van der Waals surface area contributed by atoms with Gasteiger partial charge in [0, 0.05) is 35.6 Å². The summed E-state index contributed by atoms with van der Waals surface area (Å²) in [6, 6.07) is 0.0937. The van der Waals surface area contributed by atoms with Gasteiger partial charge in [-0.25, -0.2) is 0 Å². The van der Waals surface area contributed by atoms with E-state index in [9.17, 15) is 4.79 Å². The smallest absolute Gasteiger partial charge is 0.239 e. The van der Waals surface area contributed by atoms with E-state index < -0.39 is 0 Å². The molecule has 0 radical (unpaired) electrons. The van der Waals surface area contributed by atoms with E-state index in [4.69, 9.17) is 0 Å². The Hall–Kier alpha value is 0.130. The second-order valence-corrected chi connectivity index (χ2v) is 7.21. The van der Waals surface area contributed by atoms with Crippen molar-refractivity contribution in [3.05, 3.63) is 0 Å². The van der Waals surface area contributed by atoms with E-state index in [0.29, 0.717) is 11.2 Å². The van der Waals surface area contributed by atoms with Crippen LogP contribution in [0.4, 0.5) is 0 Å². The Kier molecular flexibility index (Phi) is 5.50. The molecule has 1 amide bonds. The number of nitrogens with zero attached hydrogens (tertiary/aromatic N) is 1. The quantitative estimate of drug-likeness (QED) is 0.822. The first-order valence-electron chi connectivity index (χ1n) is 6.52. The van der Waals surface area contributed by atoms with Gasteiger partial charge < -0.3 is 10.2 Å². The summed E-state index contributed by atoms with van der Waals surface area (Å²) < 4.78 is 0. The molecule has 2 heterocycles. The van der Waals surface area contributed by atoms with Crippen molar-refractivity contribution in [1.82, 2.24) is 10.2 Å². The molecule has 0 aromatic carbocycles. The van der Waals surface area contributed by atoms with Crippen molar-refractivity contribution in [3.63, 3.8) is 0 Å². The molecule has 0 saturated carbocycles. The number of likely N-dealkylation sites (tertiary alicyclic amines) is 1. The SMILES string of the molecule is CCCNC1CCN(CC2CSCCS2)C1=O. The minimum Gasteiger partial charge on any atom is -0.340 e. The number of rotatable bonds is 5. The van der Waals surface area contributed by atoms with Gasteiger partial charge in [0.1, 0.15) is 0 Å². The van der Waals surface area contributed by atoms with Crippen LogP contribution in [0.1, 0.15) is 19.8 Å². The summed E-state index contributed by atoms with van der Waals surface area (Å²) >= 11 is 4.06. The summed E-state index contributed by atoms with van der Waals surface area (Å²) in [6.45, 7) is 5.00. The summed E-state index contributed by atoms with van der Waals surface area (Å²) in [6.07, 6.45) is 2.09. The lowest BCUT2D eigenvalue weighted by atomic mass is 10.2. The number of hydrogen-bond donors (Lipinski definition) is 1. The van der Waals surface area contributed by atoms with Crippen LogP contribution in [0.2, 0.25) is 0 Å². The number of thioether (sulfide) groups is 2. The lowest BCUT2D eigenvalue weighted by Gasteiger charge is -2.26. The maximum atomic E-state index is 12.1. The molecule has 0 aromatic rings. The fraction of sp³-hybridized carbons (Fsp3) is 0.917. The maximum absolute atomic E-state index is 12.1. The molecule has 2 fully saturated rings. The number of carbonyl (C=O) groups is 1. The molecule has 5 heteroatoms. The topological polar surface area (TPSA) is 32.3 Å². The third-order valence-corrected chi connectivity index (χ3v) is 6.07. The van der Waals surface area contributed by atoms with Crippen molar-refractivity contribution in [2.24, 2.45) is 0 Å². The van der Waals surface area contributed by atoms with Crippen LogP contribution >= 0.6 is 23.5 Å². The molecular formula is C12H22N2OS2. The van der Waals surface area contributed by atoms with Gasteiger partial charge in [0.15, 0.2) is 0 Å². The number of hydrogen-bond acceptors (Lipinski definition) is 4. The van der Waals surface area contributed by atoms with E-state index in [1.807, 2.05) is 23.5 Å². The monoisotopic (exact) mass is 274 g/mol. The molecule has 2 rings (SSSR count). The van der Waals surface area contributed by atoms with Gasteiger partial charge in [-0.15, -0.1) is 0 Å². The Morgan fingerprint density at radius 1 is 1.47 bits per heavy atom. The first-order valence-corrected chi connectivity index (χ1v) is 8.73. The molecule has 0 aliphatic carbocycles. The zero-order valence-electron chi connectivity index (χ0n) is 10.5. The van der Waals surface area contributed by atoms with Gasteiger partial charge >= 0.3 is 0 Å². The van der Waals surface area contributed by atoms with Crippen molar-refractivity contribution in [2.75, 3.05) is 36.9 Å². The molecule has 2 aliphatic heterocycles. The van der Waals surface area contributed by atoms with Crippen LogP contribution in [0, 0.1) is 0 Å². The van der Waals surface area contributed by atoms with Crippen LogP contribution in [0.15, 0.2) is 0 Å². The lowest BCUT2D eigenvalue weighted by Crippen LogP contribution is -2.41. The fourth-order valence-corrected chi connectivity index (χ4v) is 5.00. The normalized spacial score (nSPS) is 29.9. The highest BCUT2D eigenvalue weighted by Crippen LogP contribution is 2.26. The van der Waals surface area contributed by atoms with Gasteiger partial charge in [-0.05, 0) is 19.4 Å². The van der Waals surface area contributed by atoms with Crippen LogP contribution in [-0.2, 0) is 4.79 Å². The lowest BCUT2D eigenvalue weighted by molar-refractivity contribution is -0.129. The van der Waals surface area contributed by atoms with Gasteiger partial charge in [0.2, 0.25) is 5.91 Å². The second kappa shape index (κ2) is 6.90. The minimum absolute atomic E-state index is 0.0937. The van der Waals surface area contributed by atoms with E-state index >= 15 is 0 Å². The molecule has 0 bridgehead atoms. The predicted molar refractivity (Wildman–Crippen MR) is 76.8 cm³/mol. The predicted octanol–water partition coefficient (Wildman–Crippen LogP) is 1.44. The molecule has 2 saturated heterocycles. The number of carbonyl (C=O) groups excluding carboxylic acids is 1. The van der Waals surface area contributed by atoms with E-state index in [1.54, 1.807) is 0 Å². The summed E-state index contributed by atoms with van der Waals surface area (Å²) in [5, 5.41) is 4.00. The standard InChI is InChI=1S/C12H22N2OS2/c1-2-4-13-11-3-5-14(12(11)15)8-10-9-16-6-7-17-10/h10-11,13H,2-9H2,1H3. The Labute approximate surface area is 112 Å². The van der Waals surface area contributed by atoms with Crippen molar-refractivity contribution < 1.29 is 4.79 Å². The zero-order valence-corrected chi connectivity index (χ0v) is 12.1. The van der Waals surface area contributed by atoms with Crippen molar-refractivity contribution in [3.8, 4) is 0 Å². The van der Waals surface area contributed by atoms with Crippen LogP contribution in [0.5, 0.6) is 0 Å². The van der Waals surface area contributed by atoms with Crippen molar-refractivity contribution >= 4 is 29.4 Å². The third-order valence-electron chi connectivity index (χ3n) is 3.25. The highest BCUT2D eigenvalue weighted by molar-refractivity contribution is 8.06. The third kappa shape index (κ3) is 3.80. The zero-order chi connectivity index (χ0) is 12.1. The van der Waals surface area contributed by atoms with E-state index in [-0.39, 0.29) is 6.04 Å². The number of amides is 1. The average molecular weight is 274 g/mol. The Morgan fingerprint density at radius 3 is 3.06 bits per heavy atom. The van der Waals surface area contributed by atoms with Gasteiger partial charge in [-0.3, -0.25) is 4.79 Å². The van der Waals surface area contributed by atoms with E-state index in [0.717, 1.165) is 32.5 Å². The molecular weight excluding hydrogens is 252 g/mol. The Morgan fingerprint density at radius 2 is 2.35 bits per heavy atom. The molecule has 1 N–H and O–H groups in total. The molecule has 2 unspecified atom stereocenters. The van der Waals surface area contributed by atoms with Gasteiger partial charge in [-0.2, -0.15) is 23.5 Å². The molecule has 0 aromatic heterocycles. The first-order chi connectivity index (χ1) is 8.31. The molecule has 0 spiro atoms. The molecule has 3 nitrogen and oxygen atoms in total. The largest absolute Gasteiger partial charge is 0.340 e. The fourth-order valence-electron chi connectivity index (χ4n) is 2.32. The van der Waals surface area contributed by atoms with Crippen LogP contribution in [0.25, 0.3) is 0 Å². The second-order valence-electron chi connectivity index (χ2n) is 4.65. The van der Waals surface area contributed by atoms with Crippen LogP contribution in [-0.4, -0.2) is 59.0 Å². The van der Waals surface area contributed by atoms with E-state index in [2.05, 4.69) is 17.1 Å². The van der Waals surface area contributed by atoms with Gasteiger partial charge in [0.25, 0.3) is 0 Å². The summed E-state index contributed by atoms with van der Waals surface area (Å²) in [7, 11) is 0. The van der Waals surface area contributed by atoms with Gasteiger partial charge in [0.05, 0.1) is 6.04 Å². The highest BCUT2D eigenvalue weighted by atomic mass is 32.2. The first kappa shape index (κ1) is 13.6. The Bertz CT molecular complexity index is 257. The van der Waals surface area contributed by atoms with E-state index in [1.165, 1.54) is 17.3 Å².